The number of benzene rings is 2. The van der Waals surface area contributed by atoms with Crippen molar-refractivity contribution in [3.63, 3.8) is 0 Å². The van der Waals surface area contributed by atoms with E-state index in [9.17, 15) is 9.59 Å². The van der Waals surface area contributed by atoms with Crippen molar-refractivity contribution < 1.29 is 14.3 Å². The van der Waals surface area contributed by atoms with Crippen molar-refractivity contribution in [1.29, 1.82) is 0 Å². The Balaban J connectivity index is 1.86. The maximum atomic E-state index is 12.3. The van der Waals surface area contributed by atoms with Crippen molar-refractivity contribution in [2.24, 2.45) is 0 Å². The van der Waals surface area contributed by atoms with E-state index >= 15 is 0 Å². The van der Waals surface area contributed by atoms with Gasteiger partial charge in [0.1, 0.15) is 12.4 Å². The minimum Gasteiger partial charge on any atom is -0.489 e. The van der Waals surface area contributed by atoms with E-state index in [4.69, 9.17) is 4.74 Å². The second kappa shape index (κ2) is 11.5. The molecule has 0 aromatic heterocycles. The molecular weight excluding hydrogens is 366 g/mol. The Bertz CT molecular complexity index is 849. The fourth-order valence-electron chi connectivity index (χ4n) is 2.51. The average molecular weight is 396 g/mol. The maximum Gasteiger partial charge on any atom is 0.251 e. The number of amides is 2. The molecule has 0 bridgehead atoms. The third-order valence-electron chi connectivity index (χ3n) is 4.00. The van der Waals surface area contributed by atoms with Gasteiger partial charge in [-0.1, -0.05) is 32.1 Å². The Morgan fingerprint density at radius 3 is 2.59 bits per heavy atom. The van der Waals surface area contributed by atoms with Gasteiger partial charge in [-0.05, 0) is 49.2 Å². The SMILES string of the molecule is C=C(C)COc1cccc(NCC(=O)Nc2cccc(C(=O)NCCCC)c2)c1. The molecule has 0 fully saturated rings. The van der Waals surface area contributed by atoms with E-state index in [1.54, 1.807) is 24.3 Å². The van der Waals surface area contributed by atoms with Gasteiger partial charge in [0.25, 0.3) is 5.91 Å². The van der Waals surface area contributed by atoms with Gasteiger partial charge in [-0.15, -0.1) is 0 Å². The molecule has 2 amide bonds. The van der Waals surface area contributed by atoms with Crippen molar-refractivity contribution >= 4 is 23.2 Å². The number of hydrogen-bond donors (Lipinski definition) is 3. The lowest BCUT2D eigenvalue weighted by Crippen LogP contribution is -2.25. The molecule has 29 heavy (non-hydrogen) atoms. The molecule has 0 heterocycles. The topological polar surface area (TPSA) is 79.5 Å². The highest BCUT2D eigenvalue weighted by Gasteiger charge is 2.08. The van der Waals surface area contributed by atoms with E-state index in [1.807, 2.05) is 31.2 Å². The van der Waals surface area contributed by atoms with E-state index in [0.717, 1.165) is 24.1 Å². The minimum atomic E-state index is -0.207. The summed E-state index contributed by atoms with van der Waals surface area (Å²) < 4.78 is 5.60. The van der Waals surface area contributed by atoms with Crippen molar-refractivity contribution in [2.45, 2.75) is 26.7 Å². The number of anilines is 2. The number of carbonyl (C=O) groups excluding carboxylic acids is 2. The molecule has 6 heteroatoms. The molecule has 2 rings (SSSR count). The summed E-state index contributed by atoms with van der Waals surface area (Å²) in [6.45, 7) is 8.97. The molecule has 0 aliphatic heterocycles. The molecule has 0 aliphatic rings. The first kappa shape index (κ1) is 22.0. The third-order valence-corrected chi connectivity index (χ3v) is 4.00. The quantitative estimate of drug-likeness (QED) is 0.393. The molecule has 0 atom stereocenters. The lowest BCUT2D eigenvalue weighted by atomic mass is 10.2. The lowest BCUT2D eigenvalue weighted by molar-refractivity contribution is -0.114. The van der Waals surface area contributed by atoms with E-state index in [0.29, 0.717) is 30.2 Å². The Hall–Kier alpha value is -3.28. The summed E-state index contributed by atoms with van der Waals surface area (Å²) >= 11 is 0. The van der Waals surface area contributed by atoms with Crippen molar-refractivity contribution in [3.8, 4) is 5.75 Å². The summed E-state index contributed by atoms with van der Waals surface area (Å²) in [5.74, 6) is 0.362. The van der Waals surface area contributed by atoms with Gasteiger partial charge in [0, 0.05) is 29.5 Å². The fourth-order valence-corrected chi connectivity index (χ4v) is 2.51. The van der Waals surface area contributed by atoms with Crippen LogP contribution in [0.2, 0.25) is 0 Å². The fraction of sp³-hybridized carbons (Fsp3) is 0.304. The van der Waals surface area contributed by atoms with Gasteiger partial charge in [-0.3, -0.25) is 9.59 Å². The number of rotatable bonds is 11. The van der Waals surface area contributed by atoms with Crippen molar-refractivity contribution in [2.75, 3.05) is 30.3 Å². The van der Waals surface area contributed by atoms with E-state index in [2.05, 4.69) is 29.5 Å². The van der Waals surface area contributed by atoms with Gasteiger partial charge in [0.2, 0.25) is 5.91 Å². The number of hydrogen-bond acceptors (Lipinski definition) is 4. The zero-order chi connectivity index (χ0) is 21.1. The molecule has 6 nitrogen and oxygen atoms in total. The summed E-state index contributed by atoms with van der Waals surface area (Å²) in [7, 11) is 0. The van der Waals surface area contributed by atoms with Gasteiger partial charge in [0.15, 0.2) is 0 Å². The van der Waals surface area contributed by atoms with Gasteiger partial charge in [0.05, 0.1) is 6.54 Å². The van der Waals surface area contributed by atoms with Crippen molar-refractivity contribution in [3.05, 3.63) is 66.2 Å². The summed E-state index contributed by atoms with van der Waals surface area (Å²) in [6, 6.07) is 14.3. The highest BCUT2D eigenvalue weighted by Crippen LogP contribution is 2.18. The molecule has 3 N–H and O–H groups in total. The van der Waals surface area contributed by atoms with E-state index < -0.39 is 0 Å². The Kier molecular flexibility index (Phi) is 8.76. The predicted molar refractivity (Wildman–Crippen MR) is 118 cm³/mol. The second-order valence-electron chi connectivity index (χ2n) is 6.87. The summed E-state index contributed by atoms with van der Waals surface area (Å²) in [5.41, 5.74) is 2.82. The standard InChI is InChI=1S/C23H29N3O3/c1-4-5-12-24-23(28)18-8-6-10-20(13-18)26-22(27)15-25-19-9-7-11-21(14-19)29-16-17(2)3/h6-11,13-14,25H,2,4-5,12,15-16H2,1,3H3,(H,24,28)(H,26,27). The monoisotopic (exact) mass is 395 g/mol. The largest absolute Gasteiger partial charge is 0.489 e. The Morgan fingerprint density at radius 1 is 1.07 bits per heavy atom. The summed E-state index contributed by atoms with van der Waals surface area (Å²) in [4.78, 5) is 24.4. The first-order chi connectivity index (χ1) is 14.0. The van der Waals surface area contributed by atoms with Gasteiger partial charge >= 0.3 is 0 Å². The van der Waals surface area contributed by atoms with Crippen LogP contribution in [0.1, 0.15) is 37.0 Å². The number of nitrogens with one attached hydrogen (secondary N) is 3. The highest BCUT2D eigenvalue weighted by molar-refractivity contribution is 5.98. The zero-order valence-corrected chi connectivity index (χ0v) is 17.1. The van der Waals surface area contributed by atoms with Crippen LogP contribution >= 0.6 is 0 Å². The molecule has 154 valence electrons. The summed E-state index contributed by atoms with van der Waals surface area (Å²) in [5, 5.41) is 8.74. The average Bonchev–Trinajstić information content (AvgIpc) is 2.71. The second-order valence-corrected chi connectivity index (χ2v) is 6.87. The van der Waals surface area contributed by atoms with Crippen LogP contribution in [0.3, 0.4) is 0 Å². The molecular formula is C23H29N3O3. The van der Waals surface area contributed by atoms with Crippen LogP contribution in [0.4, 0.5) is 11.4 Å². The third kappa shape index (κ3) is 8.09. The van der Waals surface area contributed by atoms with Crippen LogP contribution in [0.25, 0.3) is 0 Å². The maximum absolute atomic E-state index is 12.3. The molecule has 0 saturated carbocycles. The molecule has 0 radical (unpaired) electrons. The first-order valence-corrected chi connectivity index (χ1v) is 9.77. The molecule has 0 unspecified atom stereocenters. The van der Waals surface area contributed by atoms with Crippen LogP contribution in [0.5, 0.6) is 5.75 Å². The number of unbranched alkanes of at least 4 members (excludes halogenated alkanes) is 1. The Morgan fingerprint density at radius 2 is 1.83 bits per heavy atom. The molecule has 0 aliphatic carbocycles. The normalized spacial score (nSPS) is 10.1. The molecule has 0 saturated heterocycles. The molecule has 0 spiro atoms. The smallest absolute Gasteiger partial charge is 0.251 e. The van der Waals surface area contributed by atoms with Crippen LogP contribution in [-0.2, 0) is 4.79 Å². The lowest BCUT2D eigenvalue weighted by Gasteiger charge is -2.11. The first-order valence-electron chi connectivity index (χ1n) is 9.77. The van der Waals surface area contributed by atoms with Gasteiger partial charge < -0.3 is 20.7 Å². The number of ether oxygens (including phenoxy) is 1. The molecule has 2 aromatic carbocycles. The van der Waals surface area contributed by atoms with Crippen LogP contribution in [0, 0.1) is 0 Å². The van der Waals surface area contributed by atoms with Gasteiger partial charge in [-0.25, -0.2) is 0 Å². The van der Waals surface area contributed by atoms with Gasteiger partial charge in [-0.2, -0.15) is 0 Å². The van der Waals surface area contributed by atoms with E-state index in [-0.39, 0.29) is 18.4 Å². The van der Waals surface area contributed by atoms with Crippen LogP contribution in [-0.4, -0.2) is 31.5 Å². The highest BCUT2D eigenvalue weighted by atomic mass is 16.5. The zero-order valence-electron chi connectivity index (χ0n) is 17.1. The molecule has 2 aromatic rings. The number of carbonyl (C=O) groups is 2. The summed E-state index contributed by atoms with van der Waals surface area (Å²) in [6.07, 6.45) is 1.96. The van der Waals surface area contributed by atoms with Crippen LogP contribution in [0.15, 0.2) is 60.7 Å². The van der Waals surface area contributed by atoms with Crippen molar-refractivity contribution in [1.82, 2.24) is 5.32 Å². The minimum absolute atomic E-state index is 0.0941. The van der Waals surface area contributed by atoms with Crippen LogP contribution < -0.4 is 20.7 Å². The predicted octanol–water partition coefficient (Wildman–Crippen LogP) is 4.22. The van der Waals surface area contributed by atoms with E-state index in [1.165, 1.54) is 0 Å². The Labute approximate surface area is 172 Å².